The van der Waals surface area contributed by atoms with Gasteiger partial charge < -0.3 is 9.84 Å². The first-order valence-corrected chi connectivity index (χ1v) is 7.63. The molecule has 3 aliphatic rings. The average molecular weight is 278 g/mol. The third-order valence-electron chi connectivity index (χ3n) is 5.15. The van der Waals surface area contributed by atoms with E-state index in [4.69, 9.17) is 4.74 Å². The summed E-state index contributed by atoms with van der Waals surface area (Å²) in [5.74, 6) is 0.329. The highest BCUT2D eigenvalue weighted by Crippen LogP contribution is 2.64. The molecule has 3 rings (SSSR count). The van der Waals surface area contributed by atoms with Crippen LogP contribution in [-0.4, -0.2) is 28.2 Å². The maximum Gasteiger partial charge on any atom is 0.194 e. The Morgan fingerprint density at radius 1 is 1.20 bits per heavy atom. The van der Waals surface area contributed by atoms with Gasteiger partial charge in [-0.3, -0.25) is 4.79 Å². The van der Waals surface area contributed by atoms with Gasteiger partial charge in [0.25, 0.3) is 0 Å². The molecule has 0 aromatic rings. The number of rotatable bonds is 1. The number of carbonyl (C=O) groups excluding carboxylic acids is 1. The standard InChI is InChI=1S/C17H26O3/c1-14(2,3)11-9-16(19,10-7-8-10)13-17(20-13,12(11)18)15(4,5)6/h9-10,13,19H,7-8H2,1-6H3. The number of ether oxygens (including phenoxy) is 1. The largest absolute Gasteiger partial charge is 0.383 e. The molecule has 0 amide bonds. The van der Waals surface area contributed by atoms with Crippen LogP contribution in [0.2, 0.25) is 0 Å². The molecule has 1 heterocycles. The second-order valence-corrected chi connectivity index (χ2v) is 8.78. The third kappa shape index (κ3) is 1.62. The normalized spacial score (nSPS) is 41.2. The van der Waals surface area contributed by atoms with Crippen LogP contribution in [0.5, 0.6) is 0 Å². The molecule has 1 N–H and O–H groups in total. The van der Waals surface area contributed by atoms with Crippen LogP contribution in [0.25, 0.3) is 0 Å². The molecule has 20 heavy (non-hydrogen) atoms. The lowest BCUT2D eigenvalue weighted by Gasteiger charge is -2.39. The van der Waals surface area contributed by atoms with Crippen molar-refractivity contribution in [2.45, 2.75) is 71.7 Å². The minimum Gasteiger partial charge on any atom is -0.383 e. The summed E-state index contributed by atoms with van der Waals surface area (Å²) in [7, 11) is 0. The first-order valence-electron chi connectivity index (χ1n) is 7.63. The molecule has 112 valence electrons. The first-order chi connectivity index (χ1) is 8.94. The molecule has 1 aliphatic heterocycles. The van der Waals surface area contributed by atoms with Crippen LogP contribution >= 0.6 is 0 Å². The fourth-order valence-electron chi connectivity index (χ4n) is 3.66. The quantitative estimate of drug-likeness (QED) is 0.750. The molecule has 0 bridgehead atoms. The lowest BCUT2D eigenvalue weighted by Crippen LogP contribution is -2.54. The van der Waals surface area contributed by atoms with E-state index in [0.717, 1.165) is 18.4 Å². The Balaban J connectivity index is 2.14. The van der Waals surface area contributed by atoms with Crippen molar-refractivity contribution in [3.05, 3.63) is 11.6 Å². The summed E-state index contributed by atoms with van der Waals surface area (Å²) in [5.41, 5.74) is -1.63. The smallest absolute Gasteiger partial charge is 0.194 e. The predicted molar refractivity (Wildman–Crippen MR) is 77.3 cm³/mol. The fourth-order valence-corrected chi connectivity index (χ4v) is 3.66. The lowest BCUT2D eigenvalue weighted by molar-refractivity contribution is -0.126. The van der Waals surface area contributed by atoms with E-state index >= 15 is 0 Å². The number of epoxide rings is 1. The van der Waals surface area contributed by atoms with Gasteiger partial charge in [0, 0.05) is 11.0 Å². The summed E-state index contributed by atoms with van der Waals surface area (Å²) in [6.07, 6.45) is 3.52. The molecule has 0 spiro atoms. The monoisotopic (exact) mass is 278 g/mol. The summed E-state index contributed by atoms with van der Waals surface area (Å²) in [6, 6.07) is 0. The maximum atomic E-state index is 13.0. The van der Waals surface area contributed by atoms with Crippen LogP contribution in [-0.2, 0) is 9.53 Å². The van der Waals surface area contributed by atoms with Crippen LogP contribution in [0.1, 0.15) is 54.4 Å². The highest BCUT2D eigenvalue weighted by Gasteiger charge is 2.78. The molecular weight excluding hydrogens is 252 g/mol. The van der Waals surface area contributed by atoms with Crippen molar-refractivity contribution < 1.29 is 14.6 Å². The van der Waals surface area contributed by atoms with Crippen LogP contribution in [0.4, 0.5) is 0 Å². The Morgan fingerprint density at radius 2 is 1.75 bits per heavy atom. The van der Waals surface area contributed by atoms with Gasteiger partial charge >= 0.3 is 0 Å². The summed E-state index contributed by atoms with van der Waals surface area (Å²) < 4.78 is 5.93. The Bertz CT molecular complexity index is 501. The number of hydrogen-bond acceptors (Lipinski definition) is 3. The Hall–Kier alpha value is -0.670. The van der Waals surface area contributed by atoms with E-state index in [1.807, 2.05) is 47.6 Å². The Kier molecular flexibility index (Phi) is 2.54. The molecule has 1 saturated heterocycles. The van der Waals surface area contributed by atoms with Crippen molar-refractivity contribution in [1.29, 1.82) is 0 Å². The number of hydrogen-bond donors (Lipinski definition) is 1. The topological polar surface area (TPSA) is 49.8 Å². The molecule has 3 heteroatoms. The maximum absolute atomic E-state index is 13.0. The van der Waals surface area contributed by atoms with Crippen LogP contribution in [0.3, 0.4) is 0 Å². The minimum absolute atomic E-state index is 0.0767. The van der Waals surface area contributed by atoms with Gasteiger partial charge in [-0.25, -0.2) is 0 Å². The van der Waals surface area contributed by atoms with Crippen molar-refractivity contribution in [3.63, 3.8) is 0 Å². The first kappa shape index (κ1) is 14.3. The zero-order valence-corrected chi connectivity index (χ0v) is 13.4. The van der Waals surface area contributed by atoms with Crippen molar-refractivity contribution in [1.82, 2.24) is 0 Å². The molecule has 1 saturated carbocycles. The Labute approximate surface area is 121 Å². The number of carbonyl (C=O) groups is 1. The van der Waals surface area contributed by atoms with Gasteiger partial charge in [0.1, 0.15) is 11.7 Å². The van der Waals surface area contributed by atoms with E-state index in [1.54, 1.807) is 0 Å². The minimum atomic E-state index is -0.955. The molecule has 3 atom stereocenters. The number of Topliss-reactive ketones (excluding diaryl/α,β-unsaturated/α-hetero) is 1. The zero-order valence-electron chi connectivity index (χ0n) is 13.4. The summed E-state index contributed by atoms with van der Waals surface area (Å²) in [4.78, 5) is 13.0. The van der Waals surface area contributed by atoms with Gasteiger partial charge in [0.2, 0.25) is 0 Å². The van der Waals surface area contributed by atoms with Gasteiger partial charge in [-0.05, 0) is 30.3 Å². The SMILES string of the molecule is CC(C)(C)C1=CC(O)(C2CC2)C2OC2(C(C)(C)C)C1=O. The van der Waals surface area contributed by atoms with E-state index in [2.05, 4.69) is 0 Å². The van der Waals surface area contributed by atoms with Gasteiger partial charge in [0.05, 0.1) is 0 Å². The van der Waals surface area contributed by atoms with E-state index < -0.39 is 11.2 Å². The van der Waals surface area contributed by atoms with Gasteiger partial charge in [0.15, 0.2) is 11.4 Å². The van der Waals surface area contributed by atoms with Crippen LogP contribution < -0.4 is 0 Å². The Morgan fingerprint density at radius 3 is 2.15 bits per heavy atom. The zero-order chi connectivity index (χ0) is 15.1. The number of fused-ring (bicyclic) bond motifs is 1. The molecule has 0 aromatic heterocycles. The molecule has 0 aromatic carbocycles. The molecule has 3 unspecified atom stereocenters. The number of ketones is 1. The van der Waals surface area contributed by atoms with E-state index in [9.17, 15) is 9.90 Å². The molecule has 2 fully saturated rings. The second kappa shape index (κ2) is 3.56. The second-order valence-electron chi connectivity index (χ2n) is 8.78. The highest BCUT2D eigenvalue weighted by molar-refractivity contribution is 6.07. The third-order valence-corrected chi connectivity index (χ3v) is 5.15. The van der Waals surface area contributed by atoms with E-state index in [1.165, 1.54) is 0 Å². The number of aliphatic hydroxyl groups is 1. The summed E-state index contributed by atoms with van der Waals surface area (Å²) in [6.45, 7) is 12.2. The summed E-state index contributed by atoms with van der Waals surface area (Å²) in [5, 5.41) is 11.1. The van der Waals surface area contributed by atoms with Crippen molar-refractivity contribution in [3.8, 4) is 0 Å². The van der Waals surface area contributed by atoms with Crippen LogP contribution in [0, 0.1) is 16.7 Å². The predicted octanol–water partition coefficient (Wildman–Crippen LogP) is 2.87. The van der Waals surface area contributed by atoms with Gasteiger partial charge in [-0.15, -0.1) is 0 Å². The molecule has 0 radical (unpaired) electrons. The van der Waals surface area contributed by atoms with Crippen molar-refractivity contribution >= 4 is 5.78 Å². The summed E-state index contributed by atoms with van der Waals surface area (Å²) >= 11 is 0. The van der Waals surface area contributed by atoms with E-state index in [-0.39, 0.29) is 28.6 Å². The lowest BCUT2D eigenvalue weighted by atomic mass is 9.62. The molecule has 3 nitrogen and oxygen atoms in total. The van der Waals surface area contributed by atoms with Crippen LogP contribution in [0.15, 0.2) is 11.6 Å². The fraction of sp³-hybridized carbons (Fsp3) is 0.824. The molecular formula is C17H26O3. The van der Waals surface area contributed by atoms with Crippen molar-refractivity contribution in [2.75, 3.05) is 0 Å². The van der Waals surface area contributed by atoms with Gasteiger partial charge in [-0.2, -0.15) is 0 Å². The average Bonchev–Trinajstić information content (AvgIpc) is 3.13. The van der Waals surface area contributed by atoms with E-state index in [0.29, 0.717) is 0 Å². The highest BCUT2D eigenvalue weighted by atomic mass is 16.6. The van der Waals surface area contributed by atoms with Gasteiger partial charge in [-0.1, -0.05) is 41.5 Å². The van der Waals surface area contributed by atoms with Crippen molar-refractivity contribution in [2.24, 2.45) is 16.7 Å². The molecule has 2 aliphatic carbocycles.